The second kappa shape index (κ2) is 8.66. The molecule has 1 aromatic rings. The molecule has 0 aliphatic carbocycles. The highest BCUT2D eigenvalue weighted by atomic mass is 35.5. The molecule has 0 saturated carbocycles. The van der Waals surface area contributed by atoms with Gasteiger partial charge in [0.2, 0.25) is 5.91 Å². The SMILES string of the molecule is COc1ccc(CC(=O)NCCNC(=O)C(Cl)Cl)cc1. The molecule has 5 nitrogen and oxygen atoms in total. The van der Waals surface area contributed by atoms with Crippen LogP contribution in [0.4, 0.5) is 0 Å². The lowest BCUT2D eigenvalue weighted by molar-refractivity contribution is -0.121. The lowest BCUT2D eigenvalue weighted by Crippen LogP contribution is -2.37. The van der Waals surface area contributed by atoms with Gasteiger partial charge in [0, 0.05) is 13.1 Å². The first kappa shape index (κ1) is 16.6. The summed E-state index contributed by atoms with van der Waals surface area (Å²) in [5, 5.41) is 5.17. The van der Waals surface area contributed by atoms with Gasteiger partial charge in [0.15, 0.2) is 4.84 Å². The minimum absolute atomic E-state index is 0.127. The number of alkyl halides is 2. The van der Waals surface area contributed by atoms with Crippen molar-refractivity contribution in [1.82, 2.24) is 10.6 Å². The molecule has 0 radical (unpaired) electrons. The van der Waals surface area contributed by atoms with Crippen molar-refractivity contribution in [3.8, 4) is 5.75 Å². The van der Waals surface area contributed by atoms with Crippen LogP contribution in [0.3, 0.4) is 0 Å². The molecular formula is C13H16Cl2N2O3. The van der Waals surface area contributed by atoms with Crippen LogP contribution in [0, 0.1) is 0 Å². The summed E-state index contributed by atoms with van der Waals surface area (Å²) in [4.78, 5) is 21.6. The van der Waals surface area contributed by atoms with E-state index in [1.807, 2.05) is 12.1 Å². The Morgan fingerprint density at radius 1 is 1.15 bits per heavy atom. The van der Waals surface area contributed by atoms with Crippen LogP contribution < -0.4 is 15.4 Å². The molecule has 20 heavy (non-hydrogen) atoms. The highest BCUT2D eigenvalue weighted by molar-refractivity contribution is 6.53. The molecule has 0 saturated heterocycles. The smallest absolute Gasteiger partial charge is 0.253 e. The zero-order valence-electron chi connectivity index (χ0n) is 11.0. The Balaban J connectivity index is 2.24. The molecule has 0 heterocycles. The van der Waals surface area contributed by atoms with Crippen molar-refractivity contribution in [2.75, 3.05) is 20.2 Å². The third-order valence-corrected chi connectivity index (χ3v) is 2.86. The van der Waals surface area contributed by atoms with Crippen molar-refractivity contribution in [1.29, 1.82) is 0 Å². The summed E-state index contributed by atoms with van der Waals surface area (Å²) in [5.74, 6) is 0.143. The van der Waals surface area contributed by atoms with Crippen LogP contribution in [-0.4, -0.2) is 36.8 Å². The highest BCUT2D eigenvalue weighted by Gasteiger charge is 2.10. The molecule has 0 spiro atoms. The Labute approximate surface area is 127 Å². The third-order valence-electron chi connectivity index (χ3n) is 2.47. The van der Waals surface area contributed by atoms with E-state index in [-0.39, 0.29) is 18.9 Å². The van der Waals surface area contributed by atoms with Gasteiger partial charge >= 0.3 is 0 Å². The first-order chi connectivity index (χ1) is 9.52. The highest BCUT2D eigenvalue weighted by Crippen LogP contribution is 2.11. The number of methoxy groups -OCH3 is 1. The van der Waals surface area contributed by atoms with Crippen molar-refractivity contribution < 1.29 is 14.3 Å². The van der Waals surface area contributed by atoms with E-state index in [0.29, 0.717) is 6.54 Å². The Kier molecular flexibility index (Phi) is 7.18. The van der Waals surface area contributed by atoms with Gasteiger partial charge in [0.25, 0.3) is 5.91 Å². The largest absolute Gasteiger partial charge is 0.497 e. The molecule has 2 amide bonds. The molecule has 1 aromatic carbocycles. The van der Waals surface area contributed by atoms with E-state index >= 15 is 0 Å². The number of ether oxygens (including phenoxy) is 1. The molecule has 7 heteroatoms. The zero-order valence-corrected chi connectivity index (χ0v) is 12.5. The van der Waals surface area contributed by atoms with Gasteiger partial charge in [-0.2, -0.15) is 0 Å². The van der Waals surface area contributed by atoms with E-state index in [9.17, 15) is 9.59 Å². The Bertz CT molecular complexity index is 449. The summed E-state index contributed by atoms with van der Waals surface area (Å²) in [6.07, 6.45) is 0.269. The van der Waals surface area contributed by atoms with E-state index in [2.05, 4.69) is 10.6 Å². The van der Waals surface area contributed by atoms with Gasteiger partial charge in [-0.1, -0.05) is 35.3 Å². The number of hydrogen-bond acceptors (Lipinski definition) is 3. The van der Waals surface area contributed by atoms with Gasteiger partial charge in [-0.25, -0.2) is 0 Å². The fraction of sp³-hybridized carbons (Fsp3) is 0.385. The normalized spacial score (nSPS) is 10.2. The molecule has 0 unspecified atom stereocenters. The number of carbonyl (C=O) groups is 2. The third kappa shape index (κ3) is 6.12. The standard InChI is InChI=1S/C13H16Cl2N2O3/c1-20-10-4-2-9(3-5-10)8-11(18)16-6-7-17-13(19)12(14)15/h2-5,12H,6-8H2,1H3,(H,16,18)(H,17,19). The second-order valence-electron chi connectivity index (χ2n) is 3.97. The lowest BCUT2D eigenvalue weighted by Gasteiger charge is -2.07. The minimum atomic E-state index is -1.09. The van der Waals surface area contributed by atoms with Gasteiger partial charge in [0.05, 0.1) is 13.5 Å². The number of benzene rings is 1. The fourth-order valence-corrected chi connectivity index (χ4v) is 1.61. The number of rotatable bonds is 7. The monoisotopic (exact) mass is 318 g/mol. The molecule has 2 N–H and O–H groups in total. The summed E-state index contributed by atoms with van der Waals surface area (Å²) in [6.45, 7) is 0.602. The van der Waals surface area contributed by atoms with Crippen molar-refractivity contribution in [2.24, 2.45) is 0 Å². The summed E-state index contributed by atoms with van der Waals surface area (Å²) >= 11 is 10.7. The van der Waals surface area contributed by atoms with Gasteiger partial charge in [-0.3, -0.25) is 9.59 Å². The van der Waals surface area contributed by atoms with Gasteiger partial charge < -0.3 is 15.4 Å². The van der Waals surface area contributed by atoms with E-state index in [1.165, 1.54) is 0 Å². The Morgan fingerprint density at radius 2 is 1.75 bits per heavy atom. The topological polar surface area (TPSA) is 67.4 Å². The zero-order chi connectivity index (χ0) is 15.0. The number of halogens is 2. The van der Waals surface area contributed by atoms with Crippen molar-refractivity contribution in [3.63, 3.8) is 0 Å². The van der Waals surface area contributed by atoms with Crippen LogP contribution in [-0.2, 0) is 16.0 Å². The van der Waals surface area contributed by atoms with E-state index in [4.69, 9.17) is 27.9 Å². The quantitative estimate of drug-likeness (QED) is 0.587. The molecular weight excluding hydrogens is 303 g/mol. The van der Waals surface area contributed by atoms with Crippen LogP contribution >= 0.6 is 23.2 Å². The molecule has 0 aliphatic rings. The average Bonchev–Trinajstić information content (AvgIpc) is 2.44. The fourth-order valence-electron chi connectivity index (χ4n) is 1.46. The van der Waals surface area contributed by atoms with E-state index < -0.39 is 10.7 Å². The average molecular weight is 319 g/mol. The van der Waals surface area contributed by atoms with Crippen LogP contribution in [0.15, 0.2) is 24.3 Å². The molecule has 0 fully saturated rings. The predicted octanol–water partition coefficient (Wildman–Crippen LogP) is 1.27. The molecule has 1 rings (SSSR count). The Morgan fingerprint density at radius 3 is 2.30 bits per heavy atom. The lowest BCUT2D eigenvalue weighted by atomic mass is 10.1. The summed E-state index contributed by atoms with van der Waals surface area (Å²) < 4.78 is 5.03. The molecule has 0 aromatic heterocycles. The first-order valence-corrected chi connectivity index (χ1v) is 6.85. The van der Waals surface area contributed by atoms with Crippen molar-refractivity contribution >= 4 is 35.0 Å². The van der Waals surface area contributed by atoms with Crippen LogP contribution in [0.2, 0.25) is 0 Å². The maximum atomic E-state index is 11.6. The molecule has 0 bridgehead atoms. The predicted molar refractivity (Wildman–Crippen MR) is 78.2 cm³/mol. The number of hydrogen-bond donors (Lipinski definition) is 2. The van der Waals surface area contributed by atoms with E-state index in [0.717, 1.165) is 11.3 Å². The summed E-state index contributed by atoms with van der Waals surface area (Å²) in [5.41, 5.74) is 0.883. The minimum Gasteiger partial charge on any atom is -0.497 e. The maximum absolute atomic E-state index is 11.6. The molecule has 110 valence electrons. The van der Waals surface area contributed by atoms with Crippen LogP contribution in [0.25, 0.3) is 0 Å². The second-order valence-corrected chi connectivity index (χ2v) is 5.06. The van der Waals surface area contributed by atoms with Crippen molar-refractivity contribution in [2.45, 2.75) is 11.3 Å². The number of nitrogens with one attached hydrogen (secondary N) is 2. The van der Waals surface area contributed by atoms with Gasteiger partial charge in [-0.05, 0) is 17.7 Å². The first-order valence-electron chi connectivity index (χ1n) is 5.98. The molecule has 0 atom stereocenters. The van der Waals surface area contributed by atoms with Crippen LogP contribution in [0.5, 0.6) is 5.75 Å². The maximum Gasteiger partial charge on any atom is 0.253 e. The Hall–Kier alpha value is -1.46. The van der Waals surface area contributed by atoms with Gasteiger partial charge in [-0.15, -0.1) is 0 Å². The van der Waals surface area contributed by atoms with E-state index in [1.54, 1.807) is 19.2 Å². The number of carbonyl (C=O) groups excluding carboxylic acids is 2. The number of amides is 2. The summed E-state index contributed by atoms with van der Waals surface area (Å²) in [6, 6.07) is 7.24. The molecule has 0 aliphatic heterocycles. The van der Waals surface area contributed by atoms with Crippen molar-refractivity contribution in [3.05, 3.63) is 29.8 Å². The van der Waals surface area contributed by atoms with Crippen LogP contribution in [0.1, 0.15) is 5.56 Å². The van der Waals surface area contributed by atoms with Gasteiger partial charge in [0.1, 0.15) is 5.75 Å². The summed E-state index contributed by atoms with van der Waals surface area (Å²) in [7, 11) is 1.59.